The Morgan fingerprint density at radius 2 is 1.79 bits per heavy atom. The van der Waals surface area contributed by atoms with E-state index in [4.69, 9.17) is 4.74 Å². The van der Waals surface area contributed by atoms with Crippen molar-refractivity contribution in [2.24, 2.45) is 0 Å². The highest BCUT2D eigenvalue weighted by Crippen LogP contribution is 2.51. The Kier molecular flexibility index (Phi) is 4.36. The number of anilines is 1. The summed E-state index contributed by atoms with van der Waals surface area (Å²) in [5.41, 5.74) is 3.81. The van der Waals surface area contributed by atoms with Gasteiger partial charge in [-0.2, -0.15) is 0 Å². The molecule has 1 saturated heterocycles. The van der Waals surface area contributed by atoms with Crippen LogP contribution in [0, 0.1) is 6.92 Å². The molecule has 2 aliphatic heterocycles. The molecule has 4 atom stereocenters. The molecule has 2 N–H and O–H groups in total. The zero-order valence-corrected chi connectivity index (χ0v) is 19.1. The number of aliphatic hydroxyl groups is 1. The van der Waals surface area contributed by atoms with Gasteiger partial charge in [-0.05, 0) is 43.2 Å². The zero-order valence-electron chi connectivity index (χ0n) is 19.1. The fraction of sp³-hybridized carbons (Fsp3) is 0.357. The first kappa shape index (κ1) is 20.6. The van der Waals surface area contributed by atoms with Crippen LogP contribution in [0.5, 0.6) is 0 Å². The molecule has 3 aliphatic rings. The number of fused-ring (bicyclic) bond motifs is 9. The molecular weight excluding hydrogens is 414 g/mol. The molecule has 5 heteroatoms. The van der Waals surface area contributed by atoms with Crippen LogP contribution in [0.3, 0.4) is 0 Å². The molecule has 6 rings (SSSR count). The van der Waals surface area contributed by atoms with Gasteiger partial charge in [0.25, 0.3) is 0 Å². The van der Waals surface area contributed by atoms with Crippen molar-refractivity contribution in [2.45, 2.75) is 63.9 Å². The second-order valence-corrected chi connectivity index (χ2v) is 9.83. The van der Waals surface area contributed by atoms with Crippen LogP contribution in [-0.2, 0) is 4.74 Å². The van der Waals surface area contributed by atoms with Crippen molar-refractivity contribution in [1.82, 2.24) is 0 Å². The molecule has 0 radical (unpaired) electrons. The molecule has 0 amide bonds. The van der Waals surface area contributed by atoms with Gasteiger partial charge in [-0.3, -0.25) is 9.59 Å². The number of ketones is 2. The van der Waals surface area contributed by atoms with Crippen LogP contribution in [0.4, 0.5) is 5.69 Å². The average molecular weight is 442 g/mol. The summed E-state index contributed by atoms with van der Waals surface area (Å²) in [6.45, 7) is 6.00. The first-order valence-corrected chi connectivity index (χ1v) is 11.8. The number of hydrogen-bond donors (Lipinski definition) is 2. The van der Waals surface area contributed by atoms with E-state index in [2.05, 4.69) is 12.2 Å². The molecule has 1 fully saturated rings. The number of ether oxygens (including phenoxy) is 1. The molecule has 3 aromatic carbocycles. The van der Waals surface area contributed by atoms with Gasteiger partial charge >= 0.3 is 0 Å². The van der Waals surface area contributed by atoms with Crippen LogP contribution in [0.25, 0.3) is 10.8 Å². The fourth-order valence-corrected chi connectivity index (χ4v) is 6.20. The van der Waals surface area contributed by atoms with E-state index in [0.717, 1.165) is 34.7 Å². The third-order valence-corrected chi connectivity index (χ3v) is 7.71. The van der Waals surface area contributed by atoms with Crippen molar-refractivity contribution in [1.29, 1.82) is 0 Å². The Morgan fingerprint density at radius 3 is 2.58 bits per heavy atom. The van der Waals surface area contributed by atoms with E-state index in [9.17, 15) is 14.7 Å². The van der Waals surface area contributed by atoms with Gasteiger partial charge in [0.1, 0.15) is 6.10 Å². The van der Waals surface area contributed by atoms with E-state index in [1.54, 1.807) is 12.1 Å². The summed E-state index contributed by atoms with van der Waals surface area (Å²) in [6.07, 6.45) is 1.03. The Balaban J connectivity index is 1.57. The second-order valence-electron chi connectivity index (χ2n) is 9.83. The third kappa shape index (κ3) is 2.73. The summed E-state index contributed by atoms with van der Waals surface area (Å²) in [6, 6.07) is 13.3. The van der Waals surface area contributed by atoms with Crippen LogP contribution >= 0.6 is 0 Å². The highest BCUT2D eigenvalue weighted by molar-refractivity contribution is 6.33. The molecule has 168 valence electrons. The summed E-state index contributed by atoms with van der Waals surface area (Å²) in [7, 11) is 0. The summed E-state index contributed by atoms with van der Waals surface area (Å²) < 4.78 is 6.17. The SMILES string of the molecule is CCC[C@]12C[C@@H](O[C@H](C)[C@H]1O)c1ccc3c(c1N2)C(=O)c1ccc2cc(C)ccc2c1C3=O. The van der Waals surface area contributed by atoms with Gasteiger partial charge in [0.05, 0.1) is 29.0 Å². The van der Waals surface area contributed by atoms with E-state index >= 15 is 0 Å². The number of carbonyl (C=O) groups excluding carboxylic acids is 2. The van der Waals surface area contributed by atoms with Crippen LogP contribution in [0.15, 0.2) is 42.5 Å². The molecule has 2 bridgehead atoms. The molecule has 0 spiro atoms. The Bertz CT molecular complexity index is 1360. The van der Waals surface area contributed by atoms with Gasteiger partial charge in [-0.25, -0.2) is 0 Å². The Labute approximate surface area is 192 Å². The molecule has 0 aromatic heterocycles. The lowest BCUT2D eigenvalue weighted by Crippen LogP contribution is -2.61. The molecule has 3 aromatic rings. The summed E-state index contributed by atoms with van der Waals surface area (Å²) in [4.78, 5) is 27.6. The highest BCUT2D eigenvalue weighted by atomic mass is 16.5. The van der Waals surface area contributed by atoms with E-state index in [0.29, 0.717) is 34.4 Å². The molecule has 33 heavy (non-hydrogen) atoms. The second kappa shape index (κ2) is 6.99. The van der Waals surface area contributed by atoms with Crippen LogP contribution in [0.1, 0.15) is 82.2 Å². The van der Waals surface area contributed by atoms with Crippen molar-refractivity contribution in [3.05, 3.63) is 75.8 Å². The molecule has 0 unspecified atom stereocenters. The number of rotatable bonds is 2. The van der Waals surface area contributed by atoms with Crippen molar-refractivity contribution in [2.75, 3.05) is 5.32 Å². The van der Waals surface area contributed by atoms with Crippen LogP contribution in [0.2, 0.25) is 0 Å². The maximum Gasteiger partial charge on any atom is 0.196 e. The van der Waals surface area contributed by atoms with Crippen molar-refractivity contribution in [3.63, 3.8) is 0 Å². The van der Waals surface area contributed by atoms with E-state index < -0.39 is 11.6 Å². The molecule has 5 nitrogen and oxygen atoms in total. The monoisotopic (exact) mass is 441 g/mol. The average Bonchev–Trinajstić information content (AvgIpc) is 2.80. The number of nitrogens with one attached hydrogen (secondary N) is 1. The van der Waals surface area contributed by atoms with Crippen LogP contribution in [-0.4, -0.2) is 34.4 Å². The minimum absolute atomic E-state index is 0.131. The minimum Gasteiger partial charge on any atom is -0.388 e. The normalized spacial score (nSPS) is 27.6. The number of aliphatic hydroxyl groups excluding tert-OH is 1. The Morgan fingerprint density at radius 1 is 1.06 bits per heavy atom. The topological polar surface area (TPSA) is 75.6 Å². The van der Waals surface area contributed by atoms with Crippen molar-refractivity contribution >= 4 is 28.0 Å². The number of aryl methyl sites for hydroxylation is 1. The van der Waals surface area contributed by atoms with Gasteiger partial charge in [0.2, 0.25) is 0 Å². The van der Waals surface area contributed by atoms with Gasteiger partial charge in [-0.1, -0.05) is 49.2 Å². The third-order valence-electron chi connectivity index (χ3n) is 7.71. The summed E-state index contributed by atoms with van der Waals surface area (Å²) in [5.74, 6) is -0.283. The lowest BCUT2D eigenvalue weighted by molar-refractivity contribution is -0.147. The maximum atomic E-state index is 13.9. The first-order valence-electron chi connectivity index (χ1n) is 11.8. The number of benzene rings is 3. The highest BCUT2D eigenvalue weighted by Gasteiger charge is 2.52. The largest absolute Gasteiger partial charge is 0.388 e. The standard InChI is InChI=1S/C28H27NO4/c1-4-11-28-13-21(33-15(3)27(28)32)18-9-10-20-23(24(18)29-28)26(31)19-8-6-16-12-14(2)5-7-17(16)22(19)25(20)30/h5-10,12,15,21,27,29,32H,4,11,13H2,1-3H3/t15-,21-,27-,28+/m1/s1. The van der Waals surface area contributed by atoms with E-state index in [1.807, 2.05) is 44.2 Å². The van der Waals surface area contributed by atoms with E-state index in [-0.39, 0.29) is 23.8 Å². The Hall–Kier alpha value is -3.02. The van der Waals surface area contributed by atoms with Crippen molar-refractivity contribution in [3.8, 4) is 0 Å². The summed E-state index contributed by atoms with van der Waals surface area (Å²) in [5, 5.41) is 16.4. The van der Waals surface area contributed by atoms with Gasteiger partial charge in [0.15, 0.2) is 11.6 Å². The van der Waals surface area contributed by atoms with Crippen molar-refractivity contribution < 1.29 is 19.4 Å². The molecule has 1 aliphatic carbocycles. The van der Waals surface area contributed by atoms with Crippen LogP contribution < -0.4 is 5.32 Å². The van der Waals surface area contributed by atoms with E-state index in [1.165, 1.54) is 0 Å². The predicted molar refractivity (Wildman–Crippen MR) is 127 cm³/mol. The predicted octanol–water partition coefficient (Wildman–Crippen LogP) is 5.10. The lowest BCUT2D eigenvalue weighted by Gasteiger charge is -2.53. The number of hydrogen-bond acceptors (Lipinski definition) is 5. The fourth-order valence-electron chi connectivity index (χ4n) is 6.20. The maximum absolute atomic E-state index is 13.9. The van der Waals surface area contributed by atoms with Gasteiger partial charge in [-0.15, -0.1) is 0 Å². The number of carbonyl (C=O) groups is 2. The van der Waals surface area contributed by atoms with Gasteiger partial charge < -0.3 is 15.2 Å². The quantitative estimate of drug-likeness (QED) is 0.453. The minimum atomic E-state index is -0.702. The lowest BCUT2D eigenvalue weighted by atomic mass is 9.71. The van der Waals surface area contributed by atoms with Gasteiger partial charge in [0, 0.05) is 28.7 Å². The molecular formula is C28H27NO4. The molecule has 0 saturated carbocycles. The summed E-state index contributed by atoms with van der Waals surface area (Å²) >= 11 is 0. The molecule has 2 heterocycles. The zero-order chi connectivity index (χ0) is 23.1. The first-order chi connectivity index (χ1) is 15.8. The smallest absolute Gasteiger partial charge is 0.196 e.